The minimum atomic E-state index is -1.09. The van der Waals surface area contributed by atoms with Crippen LogP contribution in [0.2, 0.25) is 0 Å². The number of carboxylic acid groups (broad SMARTS) is 1. The van der Waals surface area contributed by atoms with Crippen LogP contribution in [0.5, 0.6) is 5.75 Å². The molecule has 0 bridgehead atoms. The average Bonchev–Trinajstić information content (AvgIpc) is 3.28. The molecule has 158 valence electrons. The molecular formula is C23H22N4O4. The van der Waals surface area contributed by atoms with Gasteiger partial charge in [0.15, 0.2) is 0 Å². The fourth-order valence-corrected chi connectivity index (χ4v) is 3.63. The third-order valence-corrected chi connectivity index (χ3v) is 5.30. The lowest BCUT2D eigenvalue weighted by molar-refractivity contribution is -0.138. The van der Waals surface area contributed by atoms with Crippen LogP contribution in [0.15, 0.2) is 64.0 Å². The number of fused-ring (bicyclic) bond motifs is 1. The quantitative estimate of drug-likeness (QED) is 0.386. The number of allylic oxidation sites excluding steroid dienone is 1. The van der Waals surface area contributed by atoms with Crippen molar-refractivity contribution in [2.45, 2.75) is 25.3 Å². The average molecular weight is 418 g/mol. The molecule has 2 aromatic carbocycles. The highest BCUT2D eigenvalue weighted by Crippen LogP contribution is 2.22. The fourth-order valence-electron chi connectivity index (χ4n) is 3.63. The first-order valence-electron chi connectivity index (χ1n) is 9.87. The standard InChI is InChI=1S/C23H22N4O4/c24-18(23(30)31)11-16-15-3-1-2-4-19(15)25-21(16)12-17-20(26-27-22(17)29)10-7-13-5-8-14(28)9-6-13/h1-6,8-9,12,18,28H,7,10-11,24H2,(H,30,31)(H2,26,27,29)/b21-12+. The number of benzene rings is 2. The molecule has 8 heteroatoms. The lowest BCUT2D eigenvalue weighted by atomic mass is 10.00. The molecule has 31 heavy (non-hydrogen) atoms. The van der Waals surface area contributed by atoms with Gasteiger partial charge in [0.05, 0.1) is 16.6 Å². The molecule has 3 aromatic rings. The van der Waals surface area contributed by atoms with Gasteiger partial charge in [0.25, 0.3) is 5.56 Å². The molecule has 0 radical (unpaired) electrons. The number of aromatic hydroxyl groups is 1. The number of para-hydroxylation sites is 1. The highest BCUT2D eigenvalue weighted by Gasteiger charge is 2.21. The summed E-state index contributed by atoms with van der Waals surface area (Å²) in [6.07, 6.45) is 3.03. The third-order valence-electron chi connectivity index (χ3n) is 5.30. The van der Waals surface area contributed by atoms with Gasteiger partial charge in [-0.3, -0.25) is 14.7 Å². The summed E-state index contributed by atoms with van der Waals surface area (Å²) in [5.74, 6) is -0.889. The number of aromatic amines is 2. The summed E-state index contributed by atoms with van der Waals surface area (Å²) < 4.78 is 0. The second-order valence-corrected chi connectivity index (χ2v) is 7.42. The van der Waals surface area contributed by atoms with E-state index in [1.165, 1.54) is 0 Å². The Bertz CT molecular complexity index is 1330. The van der Waals surface area contributed by atoms with Crippen molar-refractivity contribution >= 4 is 17.6 Å². The van der Waals surface area contributed by atoms with E-state index in [9.17, 15) is 19.8 Å². The Balaban J connectivity index is 1.68. The number of carbonyl (C=O) groups is 1. The fraction of sp³-hybridized carbons (Fsp3) is 0.174. The number of phenolic OH excluding ortho intramolecular Hbond substituents is 1. The van der Waals surface area contributed by atoms with Crippen LogP contribution in [-0.4, -0.2) is 32.4 Å². The number of hydrogen-bond donors (Lipinski definition) is 5. The van der Waals surface area contributed by atoms with E-state index in [1.807, 2.05) is 36.4 Å². The van der Waals surface area contributed by atoms with Gasteiger partial charge < -0.3 is 21.0 Å². The van der Waals surface area contributed by atoms with Gasteiger partial charge in [-0.05, 0) is 48.3 Å². The number of aryl methyl sites for hydroxylation is 2. The number of carboxylic acids is 1. The van der Waals surface area contributed by atoms with Crippen LogP contribution in [0.25, 0.3) is 11.6 Å². The van der Waals surface area contributed by atoms with Crippen LogP contribution in [0.4, 0.5) is 0 Å². The summed E-state index contributed by atoms with van der Waals surface area (Å²) in [5.41, 5.74) is 8.95. The highest BCUT2D eigenvalue weighted by molar-refractivity contribution is 5.81. The van der Waals surface area contributed by atoms with Crippen molar-refractivity contribution in [3.63, 3.8) is 0 Å². The minimum absolute atomic E-state index is 0.104. The predicted molar refractivity (Wildman–Crippen MR) is 116 cm³/mol. The lowest BCUT2D eigenvalue weighted by Gasteiger charge is -2.09. The van der Waals surface area contributed by atoms with Crippen LogP contribution >= 0.6 is 0 Å². The van der Waals surface area contributed by atoms with E-state index in [0.717, 1.165) is 21.8 Å². The molecule has 1 aliphatic heterocycles. The first-order chi connectivity index (χ1) is 14.9. The number of rotatable bonds is 7. The van der Waals surface area contributed by atoms with Gasteiger partial charge in [-0.2, -0.15) is 0 Å². The van der Waals surface area contributed by atoms with Crippen LogP contribution < -0.4 is 21.9 Å². The molecule has 1 atom stereocenters. The zero-order valence-corrected chi connectivity index (χ0v) is 16.6. The monoisotopic (exact) mass is 418 g/mol. The Kier molecular flexibility index (Phi) is 5.55. The second kappa shape index (κ2) is 8.45. The molecule has 0 saturated carbocycles. The van der Waals surface area contributed by atoms with E-state index in [4.69, 9.17) is 5.73 Å². The Morgan fingerprint density at radius 2 is 1.84 bits per heavy atom. The molecule has 4 rings (SSSR count). The van der Waals surface area contributed by atoms with Gasteiger partial charge in [0.2, 0.25) is 0 Å². The number of nitrogens with zero attached hydrogens (tertiary/aromatic N) is 1. The Labute approximate surface area is 177 Å². The summed E-state index contributed by atoms with van der Waals surface area (Å²) in [5, 5.41) is 25.8. The Morgan fingerprint density at radius 3 is 2.58 bits per heavy atom. The van der Waals surface area contributed by atoms with Crippen LogP contribution in [0.1, 0.15) is 23.2 Å². The van der Waals surface area contributed by atoms with Gasteiger partial charge in [-0.25, -0.2) is 4.99 Å². The van der Waals surface area contributed by atoms with E-state index < -0.39 is 12.0 Å². The lowest BCUT2D eigenvalue weighted by Crippen LogP contribution is -2.32. The van der Waals surface area contributed by atoms with Crippen molar-refractivity contribution in [2.75, 3.05) is 0 Å². The summed E-state index contributed by atoms with van der Waals surface area (Å²) in [6, 6.07) is 13.3. The molecule has 0 saturated heterocycles. The van der Waals surface area contributed by atoms with Gasteiger partial charge in [-0.1, -0.05) is 30.3 Å². The summed E-state index contributed by atoms with van der Waals surface area (Å²) in [4.78, 5) is 28.4. The van der Waals surface area contributed by atoms with Crippen LogP contribution in [0.3, 0.4) is 0 Å². The first kappa shape index (κ1) is 20.4. The zero-order valence-electron chi connectivity index (χ0n) is 16.6. The maximum atomic E-state index is 12.5. The minimum Gasteiger partial charge on any atom is -0.508 e. The highest BCUT2D eigenvalue weighted by atomic mass is 16.4. The van der Waals surface area contributed by atoms with Crippen LogP contribution in [-0.2, 0) is 17.6 Å². The van der Waals surface area contributed by atoms with E-state index in [1.54, 1.807) is 18.2 Å². The van der Waals surface area contributed by atoms with E-state index in [2.05, 4.69) is 15.2 Å². The number of phenols is 1. The van der Waals surface area contributed by atoms with E-state index in [0.29, 0.717) is 29.7 Å². The van der Waals surface area contributed by atoms with Crippen molar-refractivity contribution in [3.8, 4) is 5.75 Å². The third kappa shape index (κ3) is 4.34. The van der Waals surface area contributed by atoms with Gasteiger partial charge in [0, 0.05) is 17.3 Å². The molecule has 1 aliphatic rings. The topological polar surface area (TPSA) is 145 Å². The van der Waals surface area contributed by atoms with E-state index >= 15 is 0 Å². The van der Waals surface area contributed by atoms with Gasteiger partial charge in [-0.15, -0.1) is 0 Å². The molecule has 6 N–H and O–H groups in total. The molecule has 1 aromatic heterocycles. The van der Waals surface area contributed by atoms with Gasteiger partial charge >= 0.3 is 5.97 Å². The molecule has 0 aliphatic carbocycles. The Hall–Kier alpha value is -3.91. The number of hydrogen-bond acceptors (Lipinski definition) is 5. The number of nitrogens with one attached hydrogen (secondary N) is 2. The predicted octanol–water partition coefficient (Wildman–Crippen LogP) is 0.821. The van der Waals surface area contributed by atoms with Crippen molar-refractivity contribution in [3.05, 3.63) is 92.0 Å². The molecule has 0 fully saturated rings. The molecule has 0 spiro atoms. The molecule has 8 nitrogen and oxygen atoms in total. The molecular weight excluding hydrogens is 396 g/mol. The van der Waals surface area contributed by atoms with Crippen molar-refractivity contribution in [1.82, 2.24) is 10.2 Å². The van der Waals surface area contributed by atoms with Gasteiger partial charge in [0.1, 0.15) is 11.8 Å². The smallest absolute Gasteiger partial charge is 0.320 e. The second-order valence-electron chi connectivity index (χ2n) is 7.42. The summed E-state index contributed by atoms with van der Waals surface area (Å²) in [6.45, 7) is 0. The SMILES string of the molecule is NC(CC1=c2ccccc2=N/C1=C/c1c(CCc2ccc(O)cc2)[nH][nH]c1=O)C(=O)O. The number of H-pyrrole nitrogens is 2. The first-order valence-corrected chi connectivity index (χ1v) is 9.87. The summed E-state index contributed by atoms with van der Waals surface area (Å²) >= 11 is 0. The Morgan fingerprint density at radius 1 is 1.10 bits per heavy atom. The number of aromatic nitrogens is 2. The maximum absolute atomic E-state index is 12.5. The van der Waals surface area contributed by atoms with Crippen molar-refractivity contribution < 1.29 is 15.0 Å². The molecule has 1 unspecified atom stereocenters. The van der Waals surface area contributed by atoms with Crippen molar-refractivity contribution in [2.24, 2.45) is 10.7 Å². The largest absolute Gasteiger partial charge is 0.508 e. The maximum Gasteiger partial charge on any atom is 0.320 e. The molecule has 2 heterocycles. The zero-order chi connectivity index (χ0) is 22.0. The normalized spacial score (nSPS) is 15.0. The summed E-state index contributed by atoms with van der Waals surface area (Å²) in [7, 11) is 0. The number of nitrogens with two attached hydrogens (primary N) is 1. The number of aliphatic carboxylic acids is 1. The van der Waals surface area contributed by atoms with Crippen molar-refractivity contribution in [1.29, 1.82) is 0 Å². The molecule has 0 amide bonds. The van der Waals surface area contributed by atoms with E-state index in [-0.39, 0.29) is 17.7 Å². The van der Waals surface area contributed by atoms with Crippen LogP contribution in [0, 0.1) is 0 Å².